The van der Waals surface area contributed by atoms with Crippen LogP contribution in [0.1, 0.15) is 12.8 Å². The van der Waals surface area contributed by atoms with E-state index in [-0.39, 0.29) is 10.7 Å². The van der Waals surface area contributed by atoms with Crippen molar-refractivity contribution in [3.05, 3.63) is 28.2 Å². The molecule has 0 bridgehead atoms. The van der Waals surface area contributed by atoms with Crippen molar-refractivity contribution in [3.63, 3.8) is 0 Å². The van der Waals surface area contributed by atoms with Crippen molar-refractivity contribution in [1.29, 1.82) is 0 Å². The number of amides is 1. The van der Waals surface area contributed by atoms with Gasteiger partial charge in [-0.25, -0.2) is 0 Å². The molecule has 86 valence electrons. The number of hydrogen-bond donors (Lipinski definition) is 0. The molecular weight excluding hydrogens is 313 g/mol. The maximum absolute atomic E-state index is 12.0. The summed E-state index contributed by atoms with van der Waals surface area (Å²) in [5.41, 5.74) is 0.736. The molecule has 1 amide bonds. The lowest BCUT2D eigenvalue weighted by molar-refractivity contribution is -0.118. The summed E-state index contributed by atoms with van der Waals surface area (Å²) in [6.45, 7) is 0.711. The molecule has 0 N–H and O–H groups in total. The van der Waals surface area contributed by atoms with Crippen molar-refractivity contribution in [2.24, 2.45) is 0 Å². The van der Waals surface area contributed by atoms with E-state index in [2.05, 4.69) is 15.9 Å². The Morgan fingerprint density at radius 1 is 1.38 bits per heavy atom. The standard InChI is InChI=1S/C11H10BrCl2NO/c12-8-2-1-5-15(11(8)16)10-4-3-7(13)6-9(10)14/h3-4,6,8H,1-2,5H2. The molecular formula is C11H10BrCl2NO. The monoisotopic (exact) mass is 321 g/mol. The number of nitrogens with zero attached hydrogens (tertiary/aromatic N) is 1. The van der Waals surface area contributed by atoms with Crippen LogP contribution in [0, 0.1) is 0 Å². The van der Waals surface area contributed by atoms with Gasteiger partial charge in [-0.1, -0.05) is 39.1 Å². The molecule has 1 aliphatic rings. The molecule has 1 saturated heterocycles. The average Bonchev–Trinajstić information content (AvgIpc) is 2.23. The van der Waals surface area contributed by atoms with Gasteiger partial charge in [0.1, 0.15) is 0 Å². The Kier molecular flexibility index (Phi) is 3.77. The number of carbonyl (C=O) groups is 1. The molecule has 16 heavy (non-hydrogen) atoms. The average molecular weight is 323 g/mol. The summed E-state index contributed by atoms with van der Waals surface area (Å²) in [5, 5.41) is 1.09. The second-order valence-electron chi connectivity index (χ2n) is 3.70. The van der Waals surface area contributed by atoms with Gasteiger partial charge in [0.15, 0.2) is 0 Å². The van der Waals surface area contributed by atoms with Gasteiger partial charge in [0.25, 0.3) is 0 Å². The second kappa shape index (κ2) is 4.94. The second-order valence-corrected chi connectivity index (χ2v) is 5.64. The molecule has 1 aliphatic heterocycles. The van der Waals surface area contributed by atoms with E-state index in [4.69, 9.17) is 23.2 Å². The van der Waals surface area contributed by atoms with E-state index in [1.807, 2.05) is 0 Å². The molecule has 2 rings (SSSR count). The van der Waals surface area contributed by atoms with Crippen LogP contribution < -0.4 is 4.90 Å². The highest BCUT2D eigenvalue weighted by molar-refractivity contribution is 9.10. The minimum atomic E-state index is -0.104. The molecule has 1 aromatic rings. The summed E-state index contributed by atoms with van der Waals surface area (Å²) in [4.78, 5) is 13.6. The summed E-state index contributed by atoms with van der Waals surface area (Å²) in [6, 6.07) is 5.19. The van der Waals surface area contributed by atoms with Crippen LogP contribution in [0.3, 0.4) is 0 Å². The zero-order chi connectivity index (χ0) is 11.7. The van der Waals surface area contributed by atoms with Gasteiger partial charge >= 0.3 is 0 Å². The summed E-state index contributed by atoms with van der Waals surface area (Å²) >= 11 is 15.3. The fourth-order valence-electron chi connectivity index (χ4n) is 1.77. The van der Waals surface area contributed by atoms with Gasteiger partial charge in [-0.3, -0.25) is 4.79 Å². The lowest BCUT2D eigenvalue weighted by Crippen LogP contribution is -2.41. The van der Waals surface area contributed by atoms with Crippen LogP contribution in [0.25, 0.3) is 0 Å². The summed E-state index contributed by atoms with van der Waals surface area (Å²) in [6.07, 6.45) is 1.85. The maximum Gasteiger partial charge on any atom is 0.240 e. The van der Waals surface area contributed by atoms with Gasteiger partial charge < -0.3 is 4.90 Å². The first-order chi connectivity index (χ1) is 7.59. The Balaban J connectivity index is 2.32. The molecule has 5 heteroatoms. The van der Waals surface area contributed by atoms with Crippen molar-refractivity contribution >= 4 is 50.7 Å². The van der Waals surface area contributed by atoms with Crippen molar-refractivity contribution in [1.82, 2.24) is 0 Å². The minimum Gasteiger partial charge on any atom is -0.310 e. The SMILES string of the molecule is O=C1C(Br)CCCN1c1ccc(Cl)cc1Cl. The maximum atomic E-state index is 12.0. The first-order valence-corrected chi connectivity index (χ1v) is 6.67. The summed E-state index contributed by atoms with van der Waals surface area (Å²) in [5.74, 6) is 0.0653. The van der Waals surface area contributed by atoms with E-state index in [1.165, 1.54) is 0 Å². The molecule has 2 nitrogen and oxygen atoms in total. The largest absolute Gasteiger partial charge is 0.310 e. The fourth-order valence-corrected chi connectivity index (χ4v) is 2.85. The van der Waals surface area contributed by atoms with Gasteiger partial charge in [0.05, 0.1) is 15.5 Å². The van der Waals surface area contributed by atoms with Gasteiger partial charge in [0, 0.05) is 11.6 Å². The first kappa shape index (κ1) is 12.2. The number of carbonyl (C=O) groups excluding carboxylic acids is 1. The Labute approximate surface area is 113 Å². The van der Waals surface area contributed by atoms with Crippen LogP contribution in [0.2, 0.25) is 10.0 Å². The number of alkyl halides is 1. The molecule has 1 fully saturated rings. The van der Waals surface area contributed by atoms with E-state index >= 15 is 0 Å². The molecule has 0 spiro atoms. The molecule has 1 heterocycles. The van der Waals surface area contributed by atoms with Crippen LogP contribution >= 0.6 is 39.1 Å². The van der Waals surface area contributed by atoms with Crippen LogP contribution in [0.5, 0.6) is 0 Å². The van der Waals surface area contributed by atoms with Crippen molar-refractivity contribution in [2.45, 2.75) is 17.7 Å². The smallest absolute Gasteiger partial charge is 0.240 e. The lowest BCUT2D eigenvalue weighted by atomic mass is 10.1. The normalized spacial score (nSPS) is 21.3. The zero-order valence-electron chi connectivity index (χ0n) is 8.42. The van der Waals surface area contributed by atoms with E-state index in [1.54, 1.807) is 23.1 Å². The van der Waals surface area contributed by atoms with Crippen molar-refractivity contribution < 1.29 is 4.79 Å². The van der Waals surface area contributed by atoms with Gasteiger partial charge in [-0.05, 0) is 31.0 Å². The zero-order valence-corrected chi connectivity index (χ0v) is 11.5. The number of halogens is 3. The van der Waals surface area contributed by atoms with Crippen LogP contribution in [-0.4, -0.2) is 17.3 Å². The van der Waals surface area contributed by atoms with Crippen molar-refractivity contribution in [2.75, 3.05) is 11.4 Å². The van der Waals surface area contributed by atoms with E-state index in [0.717, 1.165) is 18.5 Å². The number of hydrogen-bond acceptors (Lipinski definition) is 1. The van der Waals surface area contributed by atoms with Crippen LogP contribution in [-0.2, 0) is 4.79 Å². The Morgan fingerprint density at radius 2 is 2.12 bits per heavy atom. The van der Waals surface area contributed by atoms with E-state index in [0.29, 0.717) is 16.6 Å². The quantitative estimate of drug-likeness (QED) is 0.718. The summed E-state index contributed by atoms with van der Waals surface area (Å²) < 4.78 is 0. The van der Waals surface area contributed by atoms with E-state index < -0.39 is 0 Å². The topological polar surface area (TPSA) is 20.3 Å². The van der Waals surface area contributed by atoms with Crippen LogP contribution in [0.4, 0.5) is 5.69 Å². The molecule has 1 unspecified atom stereocenters. The minimum absolute atomic E-state index is 0.0653. The number of rotatable bonds is 1. The van der Waals surface area contributed by atoms with Gasteiger partial charge in [0.2, 0.25) is 5.91 Å². The van der Waals surface area contributed by atoms with E-state index in [9.17, 15) is 4.79 Å². The Morgan fingerprint density at radius 3 is 2.81 bits per heavy atom. The third-order valence-corrected chi connectivity index (χ3v) is 3.96. The fraction of sp³-hybridized carbons (Fsp3) is 0.364. The predicted molar refractivity (Wildman–Crippen MR) is 70.8 cm³/mol. The highest BCUT2D eigenvalue weighted by Crippen LogP contribution is 2.32. The molecule has 0 radical (unpaired) electrons. The number of anilines is 1. The molecule has 0 aliphatic carbocycles. The van der Waals surface area contributed by atoms with Gasteiger partial charge in [-0.2, -0.15) is 0 Å². The Bertz CT molecular complexity index is 424. The van der Waals surface area contributed by atoms with Gasteiger partial charge in [-0.15, -0.1) is 0 Å². The molecule has 1 atom stereocenters. The number of piperidine rings is 1. The molecule has 0 aromatic heterocycles. The molecule has 1 aromatic carbocycles. The Hall–Kier alpha value is -0.250. The van der Waals surface area contributed by atoms with Crippen LogP contribution in [0.15, 0.2) is 18.2 Å². The van der Waals surface area contributed by atoms with Crippen molar-refractivity contribution in [3.8, 4) is 0 Å². The highest BCUT2D eigenvalue weighted by Gasteiger charge is 2.28. The lowest BCUT2D eigenvalue weighted by Gasteiger charge is -2.30. The molecule has 0 saturated carbocycles. The number of benzene rings is 1. The first-order valence-electron chi connectivity index (χ1n) is 5.00. The third kappa shape index (κ3) is 2.36. The predicted octanol–water partition coefficient (Wildman–Crippen LogP) is 3.88. The summed E-state index contributed by atoms with van der Waals surface area (Å²) in [7, 11) is 0. The highest BCUT2D eigenvalue weighted by atomic mass is 79.9. The third-order valence-electron chi connectivity index (χ3n) is 2.57.